The Morgan fingerprint density at radius 3 is 2.55 bits per heavy atom. The number of rotatable bonds is 8. The number of hydrogen-bond acceptors (Lipinski definition) is 5. The van der Waals surface area contributed by atoms with Gasteiger partial charge < -0.3 is 14.4 Å². The van der Waals surface area contributed by atoms with Gasteiger partial charge in [-0.15, -0.1) is 0 Å². The third kappa shape index (κ3) is 5.70. The van der Waals surface area contributed by atoms with Crippen LogP contribution in [0.1, 0.15) is 24.1 Å². The predicted molar refractivity (Wildman–Crippen MR) is 113 cm³/mol. The topological polar surface area (TPSA) is 54.9 Å². The summed E-state index contributed by atoms with van der Waals surface area (Å²) in [5.74, 6) is 1.81. The summed E-state index contributed by atoms with van der Waals surface area (Å²) in [6, 6.07) is 11.9. The van der Waals surface area contributed by atoms with E-state index in [0.29, 0.717) is 6.54 Å². The van der Waals surface area contributed by atoms with Gasteiger partial charge >= 0.3 is 0 Å². The highest BCUT2D eigenvalue weighted by Crippen LogP contribution is 2.28. The first-order chi connectivity index (χ1) is 14.1. The summed E-state index contributed by atoms with van der Waals surface area (Å²) in [5, 5.41) is 0. The quantitative estimate of drug-likeness (QED) is 0.685. The molecule has 0 saturated carbocycles. The van der Waals surface area contributed by atoms with Crippen LogP contribution in [0.2, 0.25) is 0 Å². The lowest BCUT2D eigenvalue weighted by atomic mass is 9.95. The van der Waals surface area contributed by atoms with Crippen molar-refractivity contribution in [3.05, 3.63) is 53.9 Å². The van der Waals surface area contributed by atoms with Crippen molar-refractivity contribution in [2.24, 2.45) is 5.92 Å². The SMILES string of the molecule is COc1ccc(CCN(C)C(=O)C2CCN(Cc3ccccn3)CC2)cc1OC. The molecule has 0 aliphatic carbocycles. The third-order valence-electron chi connectivity index (χ3n) is 5.61. The zero-order valence-electron chi connectivity index (χ0n) is 17.6. The molecule has 0 atom stereocenters. The summed E-state index contributed by atoms with van der Waals surface area (Å²) in [4.78, 5) is 21.5. The van der Waals surface area contributed by atoms with Crippen LogP contribution in [0.3, 0.4) is 0 Å². The van der Waals surface area contributed by atoms with E-state index in [9.17, 15) is 4.79 Å². The van der Waals surface area contributed by atoms with Gasteiger partial charge in [0.05, 0.1) is 19.9 Å². The van der Waals surface area contributed by atoms with Crippen LogP contribution in [0.4, 0.5) is 0 Å². The third-order valence-corrected chi connectivity index (χ3v) is 5.61. The maximum atomic E-state index is 12.9. The standard InChI is InChI=1S/C23H31N3O3/c1-25(13-9-18-7-8-21(28-2)22(16-18)29-3)23(27)19-10-14-26(15-11-19)17-20-6-4-5-12-24-20/h4-8,12,16,19H,9-11,13-15,17H2,1-3H3. The number of hydrogen-bond donors (Lipinski definition) is 0. The van der Waals surface area contributed by atoms with E-state index in [1.807, 2.05) is 48.5 Å². The molecular formula is C23H31N3O3. The lowest BCUT2D eigenvalue weighted by Crippen LogP contribution is -2.41. The summed E-state index contributed by atoms with van der Waals surface area (Å²) < 4.78 is 10.6. The highest BCUT2D eigenvalue weighted by Gasteiger charge is 2.27. The lowest BCUT2D eigenvalue weighted by Gasteiger charge is -2.33. The van der Waals surface area contributed by atoms with Crippen molar-refractivity contribution in [1.29, 1.82) is 0 Å². The van der Waals surface area contributed by atoms with E-state index in [-0.39, 0.29) is 11.8 Å². The molecular weight excluding hydrogens is 366 g/mol. The average molecular weight is 398 g/mol. The summed E-state index contributed by atoms with van der Waals surface area (Å²) >= 11 is 0. The highest BCUT2D eigenvalue weighted by molar-refractivity contribution is 5.78. The Kier molecular flexibility index (Phi) is 7.47. The van der Waals surface area contributed by atoms with Crippen molar-refractivity contribution >= 4 is 5.91 Å². The smallest absolute Gasteiger partial charge is 0.225 e. The van der Waals surface area contributed by atoms with Crippen molar-refractivity contribution in [2.75, 3.05) is 40.9 Å². The summed E-state index contributed by atoms with van der Waals surface area (Å²) in [7, 11) is 5.17. The fourth-order valence-corrected chi connectivity index (χ4v) is 3.81. The number of benzene rings is 1. The van der Waals surface area contributed by atoms with Crippen LogP contribution < -0.4 is 9.47 Å². The zero-order valence-corrected chi connectivity index (χ0v) is 17.6. The van der Waals surface area contributed by atoms with Gasteiger partial charge in [0.15, 0.2) is 11.5 Å². The molecule has 2 aromatic rings. The van der Waals surface area contributed by atoms with Gasteiger partial charge in [-0.25, -0.2) is 0 Å². The molecule has 1 amide bonds. The monoisotopic (exact) mass is 397 g/mol. The Morgan fingerprint density at radius 2 is 1.90 bits per heavy atom. The van der Waals surface area contributed by atoms with Gasteiger partial charge in [-0.3, -0.25) is 14.7 Å². The fourth-order valence-electron chi connectivity index (χ4n) is 3.81. The minimum absolute atomic E-state index is 0.116. The van der Waals surface area contributed by atoms with Crippen LogP contribution in [0.5, 0.6) is 11.5 Å². The summed E-state index contributed by atoms with van der Waals surface area (Å²) in [6.07, 6.45) is 4.44. The largest absolute Gasteiger partial charge is 0.493 e. The number of pyridine rings is 1. The highest BCUT2D eigenvalue weighted by atomic mass is 16.5. The number of likely N-dealkylation sites (N-methyl/N-ethyl adjacent to an activating group) is 1. The first-order valence-corrected chi connectivity index (χ1v) is 10.2. The van der Waals surface area contributed by atoms with Crippen LogP contribution >= 0.6 is 0 Å². The second kappa shape index (κ2) is 10.3. The molecule has 1 saturated heterocycles. The van der Waals surface area contributed by atoms with E-state index in [0.717, 1.165) is 61.7 Å². The van der Waals surface area contributed by atoms with Crippen molar-refractivity contribution in [1.82, 2.24) is 14.8 Å². The molecule has 1 aromatic heterocycles. The number of carbonyl (C=O) groups is 1. The lowest BCUT2D eigenvalue weighted by molar-refractivity contribution is -0.135. The zero-order chi connectivity index (χ0) is 20.6. The van der Waals surface area contributed by atoms with Gasteiger partial charge in [0, 0.05) is 32.3 Å². The Balaban J connectivity index is 1.46. The first kappa shape index (κ1) is 21.1. The van der Waals surface area contributed by atoms with E-state index in [4.69, 9.17) is 9.47 Å². The van der Waals surface area contributed by atoms with Crippen LogP contribution in [0.25, 0.3) is 0 Å². The van der Waals surface area contributed by atoms with Crippen LogP contribution in [-0.4, -0.2) is 61.6 Å². The molecule has 3 rings (SSSR count). The van der Waals surface area contributed by atoms with Gasteiger partial charge in [-0.2, -0.15) is 0 Å². The van der Waals surface area contributed by atoms with Gasteiger partial charge in [-0.1, -0.05) is 12.1 Å². The van der Waals surface area contributed by atoms with E-state index in [2.05, 4.69) is 16.0 Å². The second-order valence-corrected chi connectivity index (χ2v) is 7.57. The minimum atomic E-state index is 0.116. The van der Waals surface area contributed by atoms with Gasteiger partial charge in [-0.05, 0) is 62.2 Å². The maximum Gasteiger partial charge on any atom is 0.225 e. The molecule has 6 nitrogen and oxygen atoms in total. The molecule has 1 aromatic carbocycles. The minimum Gasteiger partial charge on any atom is -0.493 e. The number of likely N-dealkylation sites (tertiary alicyclic amines) is 1. The molecule has 2 heterocycles. The maximum absolute atomic E-state index is 12.9. The molecule has 1 fully saturated rings. The number of nitrogens with zero attached hydrogens (tertiary/aromatic N) is 3. The number of methoxy groups -OCH3 is 2. The molecule has 156 valence electrons. The number of piperidine rings is 1. The first-order valence-electron chi connectivity index (χ1n) is 10.2. The van der Waals surface area contributed by atoms with E-state index >= 15 is 0 Å². The van der Waals surface area contributed by atoms with Crippen LogP contribution in [-0.2, 0) is 17.8 Å². The van der Waals surface area contributed by atoms with Crippen molar-refractivity contribution in [3.63, 3.8) is 0 Å². The number of aromatic nitrogens is 1. The molecule has 0 radical (unpaired) electrons. The van der Waals surface area contributed by atoms with Gasteiger partial charge in [0.2, 0.25) is 5.91 Å². The van der Waals surface area contributed by atoms with Crippen molar-refractivity contribution < 1.29 is 14.3 Å². The van der Waals surface area contributed by atoms with Crippen molar-refractivity contribution in [3.8, 4) is 11.5 Å². The van der Waals surface area contributed by atoms with E-state index < -0.39 is 0 Å². The van der Waals surface area contributed by atoms with E-state index in [1.54, 1.807) is 14.2 Å². The van der Waals surface area contributed by atoms with Crippen molar-refractivity contribution in [2.45, 2.75) is 25.8 Å². The Labute approximate surface area is 173 Å². The molecule has 1 aliphatic rings. The molecule has 0 bridgehead atoms. The fraction of sp³-hybridized carbons (Fsp3) is 0.478. The Bertz CT molecular complexity index is 789. The van der Waals surface area contributed by atoms with Gasteiger partial charge in [0.1, 0.15) is 0 Å². The molecule has 0 N–H and O–H groups in total. The van der Waals surface area contributed by atoms with Crippen LogP contribution in [0, 0.1) is 5.92 Å². The van der Waals surface area contributed by atoms with Crippen LogP contribution in [0.15, 0.2) is 42.6 Å². The molecule has 29 heavy (non-hydrogen) atoms. The Morgan fingerprint density at radius 1 is 1.14 bits per heavy atom. The number of amides is 1. The predicted octanol–water partition coefficient (Wildman–Crippen LogP) is 3.01. The number of ether oxygens (including phenoxy) is 2. The summed E-state index contributed by atoms with van der Waals surface area (Å²) in [5.41, 5.74) is 2.22. The molecule has 6 heteroatoms. The van der Waals surface area contributed by atoms with E-state index in [1.165, 1.54) is 0 Å². The normalized spacial score (nSPS) is 15.1. The average Bonchev–Trinajstić information content (AvgIpc) is 2.78. The second-order valence-electron chi connectivity index (χ2n) is 7.57. The number of carbonyl (C=O) groups excluding carboxylic acids is 1. The Hall–Kier alpha value is -2.60. The molecule has 1 aliphatic heterocycles. The van der Waals surface area contributed by atoms with Gasteiger partial charge in [0.25, 0.3) is 0 Å². The molecule has 0 unspecified atom stereocenters. The summed E-state index contributed by atoms with van der Waals surface area (Å²) in [6.45, 7) is 3.44. The molecule has 0 spiro atoms.